The number of para-hydroxylation sites is 2. The van der Waals surface area contributed by atoms with Crippen molar-refractivity contribution in [3.63, 3.8) is 0 Å². The Labute approximate surface area is 146 Å². The van der Waals surface area contributed by atoms with Gasteiger partial charge < -0.3 is 4.42 Å². The van der Waals surface area contributed by atoms with E-state index in [0.717, 1.165) is 22.2 Å². The lowest BCUT2D eigenvalue weighted by Gasteiger charge is -2.02. The van der Waals surface area contributed by atoms with Crippen LogP contribution in [0.15, 0.2) is 57.7 Å². The minimum absolute atomic E-state index is 0.0336. The molecule has 0 radical (unpaired) electrons. The molecule has 0 aliphatic carbocycles. The van der Waals surface area contributed by atoms with Crippen molar-refractivity contribution in [1.29, 1.82) is 0 Å². The Morgan fingerprint density at radius 3 is 2.88 bits per heavy atom. The summed E-state index contributed by atoms with van der Waals surface area (Å²) in [6, 6.07) is 14.6. The molecule has 4 aromatic rings. The molecule has 0 saturated heterocycles. The number of anilines is 1. The normalized spacial score (nSPS) is 11.1. The van der Waals surface area contributed by atoms with Gasteiger partial charge in [0, 0.05) is 5.39 Å². The molecule has 0 bridgehead atoms. The molecule has 4 rings (SSSR count). The lowest BCUT2D eigenvalue weighted by atomic mass is 10.1. The number of aromatic nitrogens is 1. The third-order valence-corrected chi connectivity index (χ3v) is 4.93. The summed E-state index contributed by atoms with van der Waals surface area (Å²) in [6.07, 6.45) is 0.864. The Bertz CT molecular complexity index is 1160. The van der Waals surface area contributed by atoms with Crippen molar-refractivity contribution >= 4 is 43.6 Å². The van der Waals surface area contributed by atoms with Crippen LogP contribution in [0.3, 0.4) is 0 Å². The van der Waals surface area contributed by atoms with Crippen LogP contribution in [0.4, 0.5) is 5.13 Å². The van der Waals surface area contributed by atoms with E-state index in [0.29, 0.717) is 16.1 Å². The van der Waals surface area contributed by atoms with E-state index in [9.17, 15) is 9.59 Å². The van der Waals surface area contributed by atoms with Crippen molar-refractivity contribution < 1.29 is 9.21 Å². The SMILES string of the molecule is CCc1cccc2sc(NC(=O)c3cc4ccccc4oc3=O)nc12. The number of hydrogen-bond acceptors (Lipinski definition) is 5. The highest BCUT2D eigenvalue weighted by molar-refractivity contribution is 7.22. The fraction of sp³-hybridized carbons (Fsp3) is 0.105. The van der Waals surface area contributed by atoms with Crippen LogP contribution in [0.25, 0.3) is 21.2 Å². The molecule has 124 valence electrons. The van der Waals surface area contributed by atoms with Crippen LogP contribution in [-0.4, -0.2) is 10.9 Å². The highest BCUT2D eigenvalue weighted by atomic mass is 32.1. The van der Waals surface area contributed by atoms with Gasteiger partial charge in [0.2, 0.25) is 0 Å². The fourth-order valence-corrected chi connectivity index (χ4v) is 3.64. The zero-order valence-electron chi connectivity index (χ0n) is 13.4. The third kappa shape index (κ3) is 2.81. The monoisotopic (exact) mass is 350 g/mol. The maximum absolute atomic E-state index is 12.5. The molecule has 5 nitrogen and oxygen atoms in total. The first-order valence-corrected chi connectivity index (χ1v) is 8.70. The van der Waals surface area contributed by atoms with Crippen LogP contribution in [0.5, 0.6) is 0 Å². The maximum atomic E-state index is 12.5. The standard InChI is InChI=1S/C19H14N2O3S/c1-2-11-7-5-9-15-16(11)20-19(25-15)21-17(22)13-10-12-6-3-4-8-14(12)24-18(13)23/h3-10H,2H2,1H3,(H,20,21,22). The molecule has 2 heterocycles. The molecule has 25 heavy (non-hydrogen) atoms. The average molecular weight is 350 g/mol. The molecule has 2 aromatic heterocycles. The highest BCUT2D eigenvalue weighted by Gasteiger charge is 2.16. The van der Waals surface area contributed by atoms with E-state index in [2.05, 4.69) is 17.2 Å². The molecule has 6 heteroatoms. The Hall–Kier alpha value is -2.99. The van der Waals surface area contributed by atoms with E-state index in [4.69, 9.17) is 4.42 Å². The Balaban J connectivity index is 1.70. The van der Waals surface area contributed by atoms with Crippen molar-refractivity contribution in [3.8, 4) is 0 Å². The number of thiazole rings is 1. The molecule has 2 aromatic carbocycles. The lowest BCUT2D eigenvalue weighted by molar-refractivity contribution is 0.102. The van der Waals surface area contributed by atoms with Crippen molar-refractivity contribution in [3.05, 3.63) is 70.1 Å². The summed E-state index contributed by atoms with van der Waals surface area (Å²) in [6.45, 7) is 2.06. The first-order valence-electron chi connectivity index (χ1n) is 7.88. The fourth-order valence-electron chi connectivity index (χ4n) is 2.73. The van der Waals surface area contributed by atoms with E-state index >= 15 is 0 Å². The van der Waals surface area contributed by atoms with E-state index in [1.54, 1.807) is 24.3 Å². The number of benzene rings is 2. The summed E-state index contributed by atoms with van der Waals surface area (Å²) in [5, 5.41) is 3.88. The molecule has 1 N–H and O–H groups in total. The van der Waals surface area contributed by atoms with Gasteiger partial charge in [-0.2, -0.15) is 0 Å². The molecule has 0 fully saturated rings. The van der Waals surface area contributed by atoms with Gasteiger partial charge in [0.1, 0.15) is 11.1 Å². The number of amides is 1. The zero-order valence-corrected chi connectivity index (χ0v) is 14.2. The summed E-state index contributed by atoms with van der Waals surface area (Å²) in [7, 11) is 0. The summed E-state index contributed by atoms with van der Waals surface area (Å²) in [5.74, 6) is -0.517. The number of nitrogens with zero attached hydrogens (tertiary/aromatic N) is 1. The predicted octanol–water partition coefficient (Wildman–Crippen LogP) is 4.22. The molecular weight excluding hydrogens is 336 g/mol. The van der Waals surface area contributed by atoms with Crippen LogP contribution in [0.1, 0.15) is 22.8 Å². The van der Waals surface area contributed by atoms with Gasteiger partial charge in [-0.05, 0) is 30.2 Å². The van der Waals surface area contributed by atoms with Crippen LogP contribution in [-0.2, 0) is 6.42 Å². The highest BCUT2D eigenvalue weighted by Crippen LogP contribution is 2.28. The van der Waals surface area contributed by atoms with Crippen LogP contribution in [0.2, 0.25) is 0 Å². The number of rotatable bonds is 3. The first kappa shape index (κ1) is 15.5. The molecule has 0 aliphatic heterocycles. The van der Waals surface area contributed by atoms with Crippen LogP contribution in [0, 0.1) is 0 Å². The van der Waals surface area contributed by atoms with Gasteiger partial charge >= 0.3 is 5.63 Å². The predicted molar refractivity (Wildman–Crippen MR) is 99.4 cm³/mol. The largest absolute Gasteiger partial charge is 0.422 e. The van der Waals surface area contributed by atoms with E-state index in [1.165, 1.54) is 11.3 Å². The summed E-state index contributed by atoms with van der Waals surface area (Å²) in [5.41, 5.74) is 1.77. The molecule has 0 atom stereocenters. The molecule has 0 unspecified atom stereocenters. The first-order chi connectivity index (χ1) is 12.2. The number of carbonyl (C=O) groups is 1. The van der Waals surface area contributed by atoms with Gasteiger partial charge in [0.25, 0.3) is 5.91 Å². The topological polar surface area (TPSA) is 72.2 Å². The van der Waals surface area contributed by atoms with Crippen molar-refractivity contribution in [1.82, 2.24) is 4.98 Å². The Morgan fingerprint density at radius 1 is 1.20 bits per heavy atom. The molecule has 1 amide bonds. The number of carbonyl (C=O) groups excluding carboxylic acids is 1. The number of hydrogen-bond donors (Lipinski definition) is 1. The van der Waals surface area contributed by atoms with Gasteiger partial charge in [-0.1, -0.05) is 48.6 Å². The van der Waals surface area contributed by atoms with Gasteiger partial charge in [-0.15, -0.1) is 0 Å². The second kappa shape index (κ2) is 6.14. The van der Waals surface area contributed by atoms with Crippen LogP contribution < -0.4 is 10.9 Å². The summed E-state index contributed by atoms with van der Waals surface area (Å²) < 4.78 is 6.21. The molecule has 0 aliphatic rings. The van der Waals surface area contributed by atoms with Crippen LogP contribution >= 0.6 is 11.3 Å². The van der Waals surface area contributed by atoms with E-state index in [1.807, 2.05) is 24.3 Å². The second-order valence-corrected chi connectivity index (χ2v) is 6.61. The minimum atomic E-state index is -0.661. The molecule has 0 saturated carbocycles. The van der Waals surface area contributed by atoms with Crippen molar-refractivity contribution in [2.45, 2.75) is 13.3 Å². The number of nitrogens with one attached hydrogen (secondary N) is 1. The molecule has 0 spiro atoms. The van der Waals surface area contributed by atoms with Gasteiger partial charge in [0.05, 0.1) is 10.2 Å². The third-order valence-electron chi connectivity index (χ3n) is 3.99. The van der Waals surface area contributed by atoms with Gasteiger partial charge in [-0.3, -0.25) is 10.1 Å². The quantitative estimate of drug-likeness (QED) is 0.562. The summed E-state index contributed by atoms with van der Waals surface area (Å²) in [4.78, 5) is 29.1. The Morgan fingerprint density at radius 2 is 2.04 bits per heavy atom. The Kier molecular flexibility index (Phi) is 3.82. The average Bonchev–Trinajstić information content (AvgIpc) is 3.03. The summed E-state index contributed by atoms with van der Waals surface area (Å²) >= 11 is 1.38. The van der Waals surface area contributed by atoms with Gasteiger partial charge in [0.15, 0.2) is 5.13 Å². The lowest BCUT2D eigenvalue weighted by Crippen LogP contribution is -2.20. The van der Waals surface area contributed by atoms with Gasteiger partial charge in [-0.25, -0.2) is 9.78 Å². The minimum Gasteiger partial charge on any atom is -0.422 e. The number of aryl methyl sites for hydroxylation is 1. The smallest absolute Gasteiger partial charge is 0.349 e. The number of fused-ring (bicyclic) bond motifs is 2. The van der Waals surface area contributed by atoms with E-state index < -0.39 is 11.5 Å². The molecular formula is C19H14N2O3S. The second-order valence-electron chi connectivity index (χ2n) is 5.58. The zero-order chi connectivity index (χ0) is 17.4. The maximum Gasteiger partial charge on any atom is 0.349 e. The van der Waals surface area contributed by atoms with E-state index in [-0.39, 0.29) is 5.56 Å². The van der Waals surface area contributed by atoms with Crippen molar-refractivity contribution in [2.75, 3.05) is 5.32 Å². The van der Waals surface area contributed by atoms with Crippen molar-refractivity contribution in [2.24, 2.45) is 0 Å².